The molecule has 2 unspecified atom stereocenters. The van der Waals surface area contributed by atoms with E-state index in [2.05, 4.69) is 48.1 Å². The predicted molar refractivity (Wildman–Crippen MR) is 55.9 cm³/mol. The minimum Gasteiger partial charge on any atom is -0.149 e. The molecule has 0 aliphatic heterocycles. The molecule has 0 amide bonds. The first-order chi connectivity index (χ1) is 5.13. The van der Waals surface area contributed by atoms with Crippen LogP contribution in [0, 0.1) is 6.92 Å². The Labute approximate surface area is 80.8 Å². The molecule has 0 fully saturated rings. The van der Waals surface area contributed by atoms with Gasteiger partial charge in [0.15, 0.2) is 0 Å². The topological polar surface area (TPSA) is 0 Å². The van der Waals surface area contributed by atoms with Crippen LogP contribution in [0.3, 0.4) is 0 Å². The summed E-state index contributed by atoms with van der Waals surface area (Å²) in [5.74, 6) is 0.626. The van der Waals surface area contributed by atoms with Gasteiger partial charge in [-0.3, -0.25) is 0 Å². The van der Waals surface area contributed by atoms with Crippen LogP contribution in [0.25, 0.3) is 0 Å². The van der Waals surface area contributed by atoms with Crippen molar-refractivity contribution in [2.75, 3.05) is 0 Å². The Morgan fingerprint density at radius 2 is 2.09 bits per heavy atom. The third-order valence-corrected chi connectivity index (χ3v) is 3.73. The maximum atomic E-state index is 3.60. The van der Waals surface area contributed by atoms with Crippen molar-refractivity contribution in [1.29, 1.82) is 0 Å². The van der Waals surface area contributed by atoms with Gasteiger partial charge in [-0.15, -0.1) is 11.3 Å². The zero-order valence-electron chi connectivity index (χ0n) is 7.10. The maximum absolute atomic E-state index is 3.60. The van der Waals surface area contributed by atoms with Gasteiger partial charge in [0.1, 0.15) is 0 Å². The van der Waals surface area contributed by atoms with Crippen LogP contribution in [0.1, 0.15) is 30.2 Å². The standard InChI is InChI=1S/C9H13BrS/c1-6(7(2)10)9-4-5-11-8(9)3/h4-7H,1-3H3. The maximum Gasteiger partial charge on any atom is 0.0183 e. The van der Waals surface area contributed by atoms with Crippen LogP contribution < -0.4 is 0 Å². The third kappa shape index (κ3) is 2.06. The molecule has 0 N–H and O–H groups in total. The number of hydrogen-bond donors (Lipinski definition) is 0. The minimum atomic E-state index is 0.566. The Hall–Kier alpha value is 0.180. The van der Waals surface area contributed by atoms with E-state index < -0.39 is 0 Å². The lowest BCUT2D eigenvalue weighted by Crippen LogP contribution is -2.03. The second kappa shape index (κ2) is 3.72. The van der Waals surface area contributed by atoms with E-state index in [4.69, 9.17) is 0 Å². The molecule has 1 aromatic heterocycles. The molecular formula is C9H13BrS. The van der Waals surface area contributed by atoms with Crippen molar-refractivity contribution in [3.05, 3.63) is 21.9 Å². The zero-order valence-corrected chi connectivity index (χ0v) is 9.50. The van der Waals surface area contributed by atoms with Gasteiger partial charge in [-0.1, -0.05) is 29.8 Å². The summed E-state index contributed by atoms with van der Waals surface area (Å²) in [4.78, 5) is 2.01. The molecule has 2 atom stereocenters. The summed E-state index contributed by atoms with van der Waals surface area (Å²) in [6.45, 7) is 6.64. The summed E-state index contributed by atoms with van der Waals surface area (Å²) in [6.07, 6.45) is 0. The Bertz CT molecular complexity index is 227. The first kappa shape index (κ1) is 9.27. The highest BCUT2D eigenvalue weighted by Crippen LogP contribution is 2.29. The molecule has 0 nitrogen and oxygen atoms in total. The Morgan fingerprint density at radius 3 is 2.45 bits per heavy atom. The fourth-order valence-electron chi connectivity index (χ4n) is 1.11. The fourth-order valence-corrected chi connectivity index (χ4v) is 2.21. The van der Waals surface area contributed by atoms with E-state index in [1.165, 1.54) is 10.4 Å². The van der Waals surface area contributed by atoms with Crippen LogP contribution in [0.15, 0.2) is 11.4 Å². The lowest BCUT2D eigenvalue weighted by atomic mass is 10.00. The van der Waals surface area contributed by atoms with E-state index in [0.717, 1.165) is 0 Å². The number of aryl methyl sites for hydroxylation is 1. The largest absolute Gasteiger partial charge is 0.149 e. The van der Waals surface area contributed by atoms with Gasteiger partial charge in [-0.05, 0) is 29.9 Å². The molecule has 1 rings (SSSR count). The molecule has 0 bridgehead atoms. The van der Waals surface area contributed by atoms with E-state index in [1.807, 2.05) is 11.3 Å². The van der Waals surface area contributed by atoms with Crippen molar-refractivity contribution in [2.24, 2.45) is 0 Å². The lowest BCUT2D eigenvalue weighted by molar-refractivity contribution is 0.760. The molecule has 0 aliphatic rings. The van der Waals surface area contributed by atoms with Crippen molar-refractivity contribution in [3.8, 4) is 0 Å². The average Bonchev–Trinajstić information content (AvgIpc) is 2.33. The van der Waals surface area contributed by atoms with Crippen LogP contribution >= 0.6 is 27.3 Å². The van der Waals surface area contributed by atoms with E-state index >= 15 is 0 Å². The zero-order chi connectivity index (χ0) is 8.43. The summed E-state index contributed by atoms with van der Waals surface area (Å²) in [5, 5.41) is 2.16. The van der Waals surface area contributed by atoms with Gasteiger partial charge in [-0.2, -0.15) is 0 Å². The Morgan fingerprint density at radius 1 is 1.45 bits per heavy atom. The van der Waals surface area contributed by atoms with Gasteiger partial charge < -0.3 is 0 Å². The Kier molecular flexibility index (Phi) is 3.14. The van der Waals surface area contributed by atoms with E-state index in [9.17, 15) is 0 Å². The van der Waals surface area contributed by atoms with Gasteiger partial charge in [0, 0.05) is 9.70 Å². The van der Waals surface area contributed by atoms with Gasteiger partial charge in [0.25, 0.3) is 0 Å². The number of hydrogen-bond acceptors (Lipinski definition) is 1. The van der Waals surface area contributed by atoms with Gasteiger partial charge in [0.05, 0.1) is 0 Å². The third-order valence-electron chi connectivity index (χ3n) is 2.08. The first-order valence-electron chi connectivity index (χ1n) is 3.81. The van der Waals surface area contributed by atoms with E-state index in [-0.39, 0.29) is 0 Å². The van der Waals surface area contributed by atoms with Crippen molar-refractivity contribution in [2.45, 2.75) is 31.5 Å². The molecule has 0 radical (unpaired) electrons. The highest BCUT2D eigenvalue weighted by molar-refractivity contribution is 9.09. The predicted octanol–water partition coefficient (Wildman–Crippen LogP) is 3.94. The molecule has 0 aliphatic carbocycles. The van der Waals surface area contributed by atoms with Crippen molar-refractivity contribution in [1.82, 2.24) is 0 Å². The number of rotatable bonds is 2. The summed E-state index contributed by atoms with van der Waals surface area (Å²) in [5.41, 5.74) is 1.49. The summed E-state index contributed by atoms with van der Waals surface area (Å²) in [6, 6.07) is 2.22. The molecule has 62 valence electrons. The normalized spacial score (nSPS) is 16.4. The van der Waals surface area contributed by atoms with Crippen molar-refractivity contribution >= 4 is 27.3 Å². The lowest BCUT2D eigenvalue weighted by Gasteiger charge is -2.13. The van der Waals surface area contributed by atoms with Crippen molar-refractivity contribution < 1.29 is 0 Å². The highest BCUT2D eigenvalue weighted by atomic mass is 79.9. The Balaban J connectivity index is 2.84. The fraction of sp³-hybridized carbons (Fsp3) is 0.556. The number of thiophene rings is 1. The second-order valence-electron chi connectivity index (χ2n) is 2.90. The monoisotopic (exact) mass is 232 g/mol. The summed E-state index contributed by atoms with van der Waals surface area (Å²) >= 11 is 5.43. The molecule has 0 saturated carbocycles. The van der Waals surface area contributed by atoms with E-state index in [0.29, 0.717) is 10.7 Å². The molecule has 2 heteroatoms. The summed E-state index contributed by atoms with van der Waals surface area (Å²) in [7, 11) is 0. The summed E-state index contributed by atoms with van der Waals surface area (Å²) < 4.78 is 0. The quantitative estimate of drug-likeness (QED) is 0.678. The molecule has 0 saturated heterocycles. The average molecular weight is 233 g/mol. The molecule has 11 heavy (non-hydrogen) atoms. The molecule has 1 aromatic rings. The van der Waals surface area contributed by atoms with Gasteiger partial charge >= 0.3 is 0 Å². The second-order valence-corrected chi connectivity index (χ2v) is 5.46. The highest BCUT2D eigenvalue weighted by Gasteiger charge is 2.13. The first-order valence-corrected chi connectivity index (χ1v) is 5.60. The smallest absolute Gasteiger partial charge is 0.0183 e. The van der Waals surface area contributed by atoms with E-state index in [1.54, 1.807) is 0 Å². The van der Waals surface area contributed by atoms with Crippen LogP contribution in [-0.4, -0.2) is 4.83 Å². The molecular weight excluding hydrogens is 220 g/mol. The van der Waals surface area contributed by atoms with Crippen LogP contribution in [-0.2, 0) is 0 Å². The molecule has 1 heterocycles. The SMILES string of the molecule is Cc1sccc1C(C)C(C)Br. The van der Waals surface area contributed by atoms with Crippen LogP contribution in [0.2, 0.25) is 0 Å². The van der Waals surface area contributed by atoms with Gasteiger partial charge in [-0.25, -0.2) is 0 Å². The van der Waals surface area contributed by atoms with Crippen LogP contribution in [0.5, 0.6) is 0 Å². The van der Waals surface area contributed by atoms with Gasteiger partial charge in [0.2, 0.25) is 0 Å². The van der Waals surface area contributed by atoms with Crippen molar-refractivity contribution in [3.63, 3.8) is 0 Å². The molecule has 0 aromatic carbocycles. The van der Waals surface area contributed by atoms with Crippen LogP contribution in [0.4, 0.5) is 0 Å². The molecule has 0 spiro atoms. The minimum absolute atomic E-state index is 0.566. The number of halogens is 1. The number of alkyl halides is 1.